The lowest BCUT2D eigenvalue weighted by molar-refractivity contribution is 0.766. The van der Waals surface area contributed by atoms with Crippen LogP contribution in [0.5, 0.6) is 0 Å². The van der Waals surface area contributed by atoms with Crippen molar-refractivity contribution < 1.29 is 0 Å². The lowest BCUT2D eigenvalue weighted by atomic mass is 9.67. The average Bonchev–Trinajstić information content (AvgIpc) is 3.42. The molecule has 0 bridgehead atoms. The lowest BCUT2D eigenvalue weighted by Crippen LogP contribution is -2.29. The van der Waals surface area contributed by atoms with Gasteiger partial charge < -0.3 is 0 Å². The van der Waals surface area contributed by atoms with E-state index in [9.17, 15) is 0 Å². The fourth-order valence-corrected chi connectivity index (χ4v) is 6.24. The van der Waals surface area contributed by atoms with Gasteiger partial charge in [0, 0.05) is 0 Å². The highest BCUT2D eigenvalue weighted by atomic mass is 14.5. The molecule has 5 aromatic carbocycles. The summed E-state index contributed by atoms with van der Waals surface area (Å²) in [5.41, 5.74) is 13.4. The molecule has 1 atom stereocenters. The normalized spacial score (nSPS) is 14.3. The van der Waals surface area contributed by atoms with Crippen molar-refractivity contribution in [2.45, 2.75) is 19.3 Å². The predicted octanol–water partition coefficient (Wildman–Crippen LogP) is 13.0. The summed E-state index contributed by atoms with van der Waals surface area (Å²) < 4.78 is 0. The summed E-state index contributed by atoms with van der Waals surface area (Å²) in [5, 5.41) is 0. The third-order valence-electron chi connectivity index (χ3n) is 8.28. The first-order chi connectivity index (χ1) is 23.0. The highest BCUT2D eigenvalue weighted by molar-refractivity contribution is 5.87. The quantitative estimate of drug-likeness (QED) is 0.154. The highest BCUT2D eigenvalue weighted by Crippen LogP contribution is 2.56. The first-order valence-corrected chi connectivity index (χ1v) is 15.9. The third-order valence-corrected chi connectivity index (χ3v) is 8.28. The molecule has 0 heterocycles. The molecule has 0 radical (unpaired) electrons. The van der Waals surface area contributed by atoms with E-state index in [-0.39, 0.29) is 5.41 Å². The van der Waals surface area contributed by atoms with E-state index in [0.717, 1.165) is 5.57 Å². The Morgan fingerprint density at radius 2 is 1.21 bits per heavy atom. The van der Waals surface area contributed by atoms with Gasteiger partial charge in [0.2, 0.25) is 0 Å². The number of aryl methyl sites for hydroxylation is 1. The second kappa shape index (κ2) is 16.5. The molecule has 0 nitrogen and oxygen atoms in total. The van der Waals surface area contributed by atoms with Gasteiger partial charge in [0.1, 0.15) is 0 Å². The maximum Gasteiger partial charge on any atom is 0.0713 e. The molecule has 0 fully saturated rings. The molecule has 0 saturated carbocycles. The molecular weight excluding hydrogens is 565 g/mol. The fourth-order valence-electron chi connectivity index (χ4n) is 6.24. The molecule has 0 spiro atoms. The molecule has 232 valence electrons. The van der Waals surface area contributed by atoms with E-state index < -0.39 is 0 Å². The first-order valence-electron chi connectivity index (χ1n) is 15.9. The van der Waals surface area contributed by atoms with Gasteiger partial charge in [0.25, 0.3) is 0 Å². The van der Waals surface area contributed by atoms with Gasteiger partial charge in [-0.15, -0.1) is 0 Å². The van der Waals surface area contributed by atoms with Crippen LogP contribution < -0.4 is 0 Å². The van der Waals surface area contributed by atoms with Gasteiger partial charge >= 0.3 is 0 Å². The summed E-state index contributed by atoms with van der Waals surface area (Å²) in [7, 11) is 0. The molecule has 0 aromatic heterocycles. The van der Waals surface area contributed by atoms with Crippen molar-refractivity contribution in [3.8, 4) is 22.3 Å². The molecule has 5 aromatic rings. The standard InChI is InChI=1S/C26H22.C17H16.C4H6/c1-4-11-20(5-2)26(21-12-7-6-8-13-21)24-15-10-9-14-22(24)23-17-16-19(3)18-25(23)26;1-3-8-15-11-12-17(13-14(15)4-2)16-9-6-5-7-10-16;1-3-4-2/h4-18H,1-2H2,3H3;3-13H,2H2,1H3;3-4H,1-2H2/b20-11+;8-3-;. The number of fused-ring (bicyclic) bond motifs is 3. The van der Waals surface area contributed by atoms with E-state index in [1.807, 2.05) is 37.3 Å². The van der Waals surface area contributed by atoms with Crippen LogP contribution in [0.1, 0.15) is 40.3 Å². The number of rotatable bonds is 8. The number of hydrogen-bond donors (Lipinski definition) is 0. The van der Waals surface area contributed by atoms with E-state index in [2.05, 4.69) is 167 Å². The van der Waals surface area contributed by atoms with Crippen LogP contribution in [0.4, 0.5) is 0 Å². The number of benzene rings is 5. The molecule has 6 rings (SSSR count). The summed E-state index contributed by atoms with van der Waals surface area (Å²) in [6, 6.07) is 43.1. The van der Waals surface area contributed by atoms with Crippen molar-refractivity contribution in [1.29, 1.82) is 0 Å². The molecule has 47 heavy (non-hydrogen) atoms. The summed E-state index contributed by atoms with van der Waals surface area (Å²) >= 11 is 0. The fraction of sp³-hybridized carbons (Fsp3) is 0.0638. The summed E-state index contributed by atoms with van der Waals surface area (Å²) in [4.78, 5) is 0. The molecule has 0 aliphatic heterocycles. The van der Waals surface area contributed by atoms with Crippen LogP contribution in [0.3, 0.4) is 0 Å². The van der Waals surface area contributed by atoms with E-state index in [1.165, 1.54) is 55.6 Å². The highest BCUT2D eigenvalue weighted by Gasteiger charge is 2.46. The lowest BCUT2D eigenvalue weighted by Gasteiger charge is -2.34. The van der Waals surface area contributed by atoms with Gasteiger partial charge in [-0.1, -0.05) is 202 Å². The zero-order valence-electron chi connectivity index (χ0n) is 27.7. The monoisotopic (exact) mass is 608 g/mol. The molecule has 0 saturated heterocycles. The Hall–Kier alpha value is -5.72. The van der Waals surface area contributed by atoms with Crippen LogP contribution in [-0.2, 0) is 5.41 Å². The summed E-state index contributed by atoms with van der Waals surface area (Å²) in [5.74, 6) is 0. The van der Waals surface area contributed by atoms with Crippen molar-refractivity contribution in [3.63, 3.8) is 0 Å². The Morgan fingerprint density at radius 3 is 1.83 bits per heavy atom. The SMILES string of the molecule is C=C/C=C(\C=C)C1(c2ccccc2)c2ccccc2-c2ccc(C)cc21.C=CC=C.C=Cc1cc(-c2ccccc2)ccc1/C=C\C. The Balaban J connectivity index is 0.000000205. The molecule has 0 N–H and O–H groups in total. The third kappa shape index (κ3) is 7.24. The number of allylic oxidation sites excluding steroid dienone is 7. The van der Waals surface area contributed by atoms with Gasteiger partial charge in [0.15, 0.2) is 0 Å². The number of hydrogen-bond acceptors (Lipinski definition) is 0. The van der Waals surface area contributed by atoms with Crippen molar-refractivity contribution in [2.24, 2.45) is 0 Å². The summed E-state index contributed by atoms with van der Waals surface area (Å²) in [6.45, 7) is 22.9. The second-order valence-corrected chi connectivity index (χ2v) is 11.2. The Kier molecular flexibility index (Phi) is 12.0. The maximum atomic E-state index is 4.15. The van der Waals surface area contributed by atoms with Crippen LogP contribution in [0, 0.1) is 6.92 Å². The minimum Gasteiger partial charge on any atom is -0.0991 e. The molecular formula is C47H44. The molecule has 0 heteroatoms. The zero-order valence-corrected chi connectivity index (χ0v) is 27.7. The first kappa shape index (κ1) is 34.2. The van der Waals surface area contributed by atoms with E-state index >= 15 is 0 Å². The summed E-state index contributed by atoms with van der Waals surface area (Å²) in [6.07, 6.45) is 15.3. The predicted molar refractivity (Wildman–Crippen MR) is 208 cm³/mol. The Morgan fingerprint density at radius 1 is 0.574 bits per heavy atom. The van der Waals surface area contributed by atoms with Crippen LogP contribution in [0.2, 0.25) is 0 Å². The van der Waals surface area contributed by atoms with Gasteiger partial charge in [0.05, 0.1) is 5.41 Å². The van der Waals surface area contributed by atoms with E-state index in [4.69, 9.17) is 0 Å². The molecule has 1 unspecified atom stereocenters. The smallest absolute Gasteiger partial charge is 0.0713 e. The Labute approximate surface area is 282 Å². The van der Waals surface area contributed by atoms with Gasteiger partial charge in [-0.3, -0.25) is 0 Å². The van der Waals surface area contributed by atoms with Crippen molar-refractivity contribution in [1.82, 2.24) is 0 Å². The minimum atomic E-state index is -0.366. The van der Waals surface area contributed by atoms with Gasteiger partial charge in [-0.05, 0) is 75.6 Å². The Bertz CT molecular complexity index is 1910. The van der Waals surface area contributed by atoms with Crippen LogP contribution in [-0.4, -0.2) is 0 Å². The van der Waals surface area contributed by atoms with E-state index in [0.29, 0.717) is 0 Å². The molecule has 0 amide bonds. The van der Waals surface area contributed by atoms with Crippen LogP contribution in [0.15, 0.2) is 196 Å². The van der Waals surface area contributed by atoms with Crippen molar-refractivity contribution >= 4 is 12.2 Å². The van der Waals surface area contributed by atoms with Gasteiger partial charge in [-0.2, -0.15) is 0 Å². The zero-order chi connectivity index (χ0) is 33.6. The van der Waals surface area contributed by atoms with Gasteiger partial charge in [-0.25, -0.2) is 0 Å². The van der Waals surface area contributed by atoms with E-state index in [1.54, 1.807) is 12.2 Å². The molecule has 1 aliphatic carbocycles. The van der Waals surface area contributed by atoms with Crippen LogP contribution >= 0.6 is 0 Å². The topological polar surface area (TPSA) is 0 Å². The minimum absolute atomic E-state index is 0.366. The van der Waals surface area contributed by atoms with Crippen molar-refractivity contribution in [3.05, 3.63) is 230 Å². The maximum absolute atomic E-state index is 4.15. The molecule has 1 aliphatic rings. The average molecular weight is 609 g/mol. The largest absolute Gasteiger partial charge is 0.0991 e. The second-order valence-electron chi connectivity index (χ2n) is 11.2. The van der Waals surface area contributed by atoms with Crippen LogP contribution in [0.25, 0.3) is 34.4 Å². The van der Waals surface area contributed by atoms with Crippen molar-refractivity contribution in [2.75, 3.05) is 0 Å².